The van der Waals surface area contributed by atoms with Crippen LogP contribution in [0.15, 0.2) is 66.2 Å². The van der Waals surface area contributed by atoms with E-state index in [2.05, 4.69) is 62.5 Å². The Bertz CT molecular complexity index is 1770. The molecule has 2 fully saturated rings. The summed E-state index contributed by atoms with van der Waals surface area (Å²) in [5.41, 5.74) is 14.0. The van der Waals surface area contributed by atoms with Crippen LogP contribution in [-0.2, 0) is 27.2 Å². The molecule has 6 rings (SSSR count). The Morgan fingerprint density at radius 2 is 1.74 bits per heavy atom. The van der Waals surface area contributed by atoms with Gasteiger partial charge in [-0.3, -0.25) is 14.4 Å². The maximum absolute atomic E-state index is 14.7. The number of carbonyl (C=O) groups excluding carboxylic acids is 3. The van der Waals surface area contributed by atoms with Gasteiger partial charge in [0.1, 0.15) is 5.75 Å². The van der Waals surface area contributed by atoms with Crippen molar-refractivity contribution in [1.82, 2.24) is 15.1 Å². The number of hydrogen-bond donors (Lipinski definition) is 2. The molecule has 3 N–H and O–H groups in total. The van der Waals surface area contributed by atoms with Gasteiger partial charge < -0.3 is 25.6 Å². The fourth-order valence-electron chi connectivity index (χ4n) is 7.38. The highest BCUT2D eigenvalue weighted by Crippen LogP contribution is 2.37. The molecule has 0 aromatic heterocycles. The van der Waals surface area contributed by atoms with Crippen LogP contribution in [0.1, 0.15) is 71.9 Å². The number of aryl methyl sites for hydroxylation is 2. The van der Waals surface area contributed by atoms with Crippen LogP contribution in [0.3, 0.4) is 0 Å². The summed E-state index contributed by atoms with van der Waals surface area (Å²) in [5, 5.41) is 4.41. The normalized spacial score (nSPS) is 18.6. The number of primary amides is 1. The monoisotopic (exact) mass is 696 g/mol. The Balaban J connectivity index is 1.24. The van der Waals surface area contributed by atoms with Crippen LogP contribution in [0.4, 0.5) is 0 Å². The predicted molar refractivity (Wildman–Crippen MR) is 198 cm³/mol. The largest absolute Gasteiger partial charge is 0.493 e. The van der Waals surface area contributed by atoms with Crippen molar-refractivity contribution in [2.75, 3.05) is 26.2 Å². The lowest BCUT2D eigenvalue weighted by molar-refractivity contribution is -0.134. The van der Waals surface area contributed by atoms with Gasteiger partial charge in [0.05, 0.1) is 12.6 Å². The molecule has 2 bridgehead atoms. The number of nitrogens with zero attached hydrogens (tertiary/aromatic N) is 2. The average molecular weight is 697 g/mol. The van der Waals surface area contributed by atoms with Gasteiger partial charge in [-0.15, -0.1) is 0 Å². The molecule has 264 valence electrons. The first-order chi connectivity index (χ1) is 24.1. The molecule has 1 saturated heterocycles. The number of piperazine rings is 1. The van der Waals surface area contributed by atoms with E-state index >= 15 is 0 Å². The van der Waals surface area contributed by atoms with Crippen molar-refractivity contribution in [2.45, 2.75) is 90.3 Å². The van der Waals surface area contributed by atoms with Gasteiger partial charge in [-0.2, -0.15) is 0 Å². The van der Waals surface area contributed by atoms with Crippen molar-refractivity contribution in [1.29, 1.82) is 0 Å². The van der Waals surface area contributed by atoms with Crippen molar-refractivity contribution >= 4 is 34.9 Å². The molecule has 3 aromatic rings. The molecule has 3 aromatic carbocycles. The van der Waals surface area contributed by atoms with E-state index in [0.717, 1.165) is 47.3 Å². The van der Waals surface area contributed by atoms with Crippen LogP contribution in [-0.4, -0.2) is 71.9 Å². The molecule has 50 heavy (non-hydrogen) atoms. The lowest BCUT2D eigenvalue weighted by atomic mass is 9.82. The molecule has 2 aliphatic heterocycles. The number of hydrogen-bond acceptors (Lipinski definition) is 5. The number of ether oxygens (including phenoxy) is 1. The standard InChI is InChI=1S/C41H49ClN4O4/c1-26-21-27(2)28(3)37(22-26)50-20-18-29-11-13-30(14-12-29)34-23-32-24-45(39(48)10-6-9-38(43)47)25-36(44-32)40(34)41(49)46(33-15-16-33)19-17-31-7-4-5-8-35(31)42/h4-5,7-8,11-14,21-22,32-33,36,44H,6,9-10,15-20,23-25H2,1-3H3,(H2,43,47)/t32-,36-/m1/s1. The minimum atomic E-state index is -0.401. The molecule has 8 nitrogen and oxygen atoms in total. The summed E-state index contributed by atoms with van der Waals surface area (Å²) in [6.07, 6.45) is 4.94. The highest BCUT2D eigenvalue weighted by atomic mass is 35.5. The van der Waals surface area contributed by atoms with E-state index in [1.54, 1.807) is 0 Å². The fraction of sp³-hybridized carbons (Fsp3) is 0.439. The van der Waals surface area contributed by atoms with Crippen LogP contribution < -0.4 is 15.8 Å². The first-order valence-electron chi connectivity index (χ1n) is 18.0. The number of nitrogens with one attached hydrogen (secondary N) is 1. The summed E-state index contributed by atoms with van der Waals surface area (Å²) in [5.74, 6) is 0.569. The number of rotatable bonds is 14. The Labute approximate surface area is 301 Å². The summed E-state index contributed by atoms with van der Waals surface area (Å²) >= 11 is 6.50. The summed E-state index contributed by atoms with van der Waals surface area (Å²) in [7, 11) is 0. The maximum Gasteiger partial charge on any atom is 0.252 e. The number of amides is 3. The zero-order valence-corrected chi connectivity index (χ0v) is 30.2. The minimum absolute atomic E-state index is 0.00152. The van der Waals surface area contributed by atoms with E-state index in [1.165, 1.54) is 22.3 Å². The molecule has 2 heterocycles. The van der Waals surface area contributed by atoms with Crippen molar-refractivity contribution in [3.05, 3.63) is 105 Å². The molecule has 9 heteroatoms. The SMILES string of the molecule is Cc1cc(C)c(C)c(OCCc2ccc(C3=C(C(=O)N(CCc4ccccc4Cl)C4CC4)[C@H]4CN(C(=O)CCCC(N)=O)C[C@@H](C3)N4)cc2)c1. The molecule has 3 amide bonds. The number of benzene rings is 3. The van der Waals surface area contributed by atoms with Crippen LogP contribution in [0.5, 0.6) is 5.75 Å². The summed E-state index contributed by atoms with van der Waals surface area (Å²) < 4.78 is 6.20. The zero-order chi connectivity index (χ0) is 35.4. The second-order valence-corrected chi connectivity index (χ2v) is 14.6. The van der Waals surface area contributed by atoms with Gasteiger partial charge in [-0.05, 0) is 104 Å². The zero-order valence-electron chi connectivity index (χ0n) is 29.5. The van der Waals surface area contributed by atoms with E-state index in [9.17, 15) is 14.4 Å². The molecular formula is C41H49ClN4O4. The summed E-state index contributed by atoms with van der Waals surface area (Å²) in [6.45, 7) is 8.42. The van der Waals surface area contributed by atoms with Crippen molar-refractivity contribution in [3.63, 3.8) is 0 Å². The quantitative estimate of drug-likeness (QED) is 0.212. The lowest BCUT2D eigenvalue weighted by Crippen LogP contribution is -2.62. The van der Waals surface area contributed by atoms with E-state index in [0.29, 0.717) is 50.5 Å². The van der Waals surface area contributed by atoms with E-state index in [1.807, 2.05) is 34.1 Å². The summed E-state index contributed by atoms with van der Waals surface area (Å²) in [4.78, 5) is 43.2. The Kier molecular flexibility index (Phi) is 11.3. The van der Waals surface area contributed by atoms with Crippen molar-refractivity contribution in [2.24, 2.45) is 5.73 Å². The number of halogens is 1. The maximum atomic E-state index is 14.7. The fourth-order valence-corrected chi connectivity index (χ4v) is 7.61. The number of nitrogens with two attached hydrogens (primary N) is 1. The topological polar surface area (TPSA) is 105 Å². The second kappa shape index (κ2) is 15.8. The van der Waals surface area contributed by atoms with Crippen molar-refractivity contribution in [3.8, 4) is 5.75 Å². The molecule has 1 saturated carbocycles. The third-order valence-electron chi connectivity index (χ3n) is 10.3. The number of carbonyl (C=O) groups is 3. The average Bonchev–Trinajstić information content (AvgIpc) is 3.93. The predicted octanol–water partition coefficient (Wildman–Crippen LogP) is 6.10. The van der Waals surface area contributed by atoms with Crippen LogP contribution in [0.25, 0.3) is 5.57 Å². The number of fused-ring (bicyclic) bond motifs is 2. The van der Waals surface area contributed by atoms with E-state index in [4.69, 9.17) is 22.1 Å². The second-order valence-electron chi connectivity index (χ2n) is 14.2. The molecule has 0 radical (unpaired) electrons. The first-order valence-corrected chi connectivity index (χ1v) is 18.3. The van der Waals surface area contributed by atoms with E-state index in [-0.39, 0.29) is 42.8 Å². The molecule has 1 aliphatic carbocycles. The van der Waals surface area contributed by atoms with Crippen LogP contribution >= 0.6 is 11.6 Å². The van der Waals surface area contributed by atoms with Gasteiger partial charge in [0.2, 0.25) is 11.8 Å². The smallest absolute Gasteiger partial charge is 0.252 e. The molecule has 2 atom stereocenters. The lowest BCUT2D eigenvalue weighted by Gasteiger charge is -2.45. The highest BCUT2D eigenvalue weighted by molar-refractivity contribution is 6.31. The van der Waals surface area contributed by atoms with Gasteiger partial charge >= 0.3 is 0 Å². The first kappa shape index (κ1) is 35.7. The Morgan fingerprint density at radius 1 is 0.980 bits per heavy atom. The van der Waals surface area contributed by atoms with Gasteiger partial charge in [-0.25, -0.2) is 0 Å². The Hall–Kier alpha value is -4.14. The van der Waals surface area contributed by atoms with Gasteiger partial charge in [0, 0.05) is 61.6 Å². The van der Waals surface area contributed by atoms with Gasteiger partial charge in [-0.1, -0.05) is 60.1 Å². The molecule has 3 aliphatic rings. The highest BCUT2D eigenvalue weighted by Gasteiger charge is 2.43. The van der Waals surface area contributed by atoms with E-state index < -0.39 is 5.91 Å². The van der Waals surface area contributed by atoms with Crippen LogP contribution in [0, 0.1) is 20.8 Å². The summed E-state index contributed by atoms with van der Waals surface area (Å²) in [6, 6.07) is 20.6. The Morgan fingerprint density at radius 3 is 2.46 bits per heavy atom. The molecule has 0 spiro atoms. The van der Waals surface area contributed by atoms with Crippen LogP contribution in [0.2, 0.25) is 5.02 Å². The third-order valence-corrected chi connectivity index (χ3v) is 10.7. The van der Waals surface area contributed by atoms with Crippen molar-refractivity contribution < 1.29 is 19.1 Å². The third kappa shape index (κ3) is 8.59. The minimum Gasteiger partial charge on any atom is -0.493 e. The molecular weight excluding hydrogens is 648 g/mol. The van der Waals surface area contributed by atoms with Gasteiger partial charge in [0.15, 0.2) is 0 Å². The van der Waals surface area contributed by atoms with Gasteiger partial charge in [0.25, 0.3) is 5.91 Å². The molecule has 0 unspecified atom stereocenters.